The summed E-state index contributed by atoms with van der Waals surface area (Å²) in [5, 5.41) is 4.57. The first-order valence-corrected chi connectivity index (χ1v) is 7.91. The Bertz CT molecular complexity index is 694. The van der Waals surface area contributed by atoms with Gasteiger partial charge in [0, 0.05) is 12.1 Å². The minimum Gasteiger partial charge on any atom is -0.465 e. The quantitative estimate of drug-likeness (QED) is 0.588. The van der Waals surface area contributed by atoms with E-state index in [1.807, 2.05) is 0 Å². The largest absolute Gasteiger partial charge is 0.465 e. The highest BCUT2D eigenvalue weighted by Gasteiger charge is 2.19. The van der Waals surface area contributed by atoms with Gasteiger partial charge < -0.3 is 14.8 Å². The van der Waals surface area contributed by atoms with Crippen molar-refractivity contribution in [2.24, 2.45) is 0 Å². The number of hydrogen-bond acceptors (Lipinski definition) is 6. The Morgan fingerprint density at radius 1 is 1.04 bits per heavy atom. The van der Waals surface area contributed by atoms with Gasteiger partial charge >= 0.3 is 18.0 Å². The fraction of sp³-hybridized carbons (Fsp3) is 0.333. The van der Waals surface area contributed by atoms with Gasteiger partial charge in [-0.15, -0.1) is 0 Å². The number of amides is 3. The fourth-order valence-corrected chi connectivity index (χ4v) is 1.79. The van der Waals surface area contributed by atoms with Crippen molar-refractivity contribution in [2.75, 3.05) is 7.11 Å². The second-order valence-corrected chi connectivity index (χ2v) is 5.64. The maximum atomic E-state index is 11.8. The van der Waals surface area contributed by atoms with Crippen molar-refractivity contribution in [1.29, 1.82) is 0 Å². The second-order valence-electron chi connectivity index (χ2n) is 5.64. The van der Waals surface area contributed by atoms with Crippen LogP contribution in [-0.4, -0.2) is 43.1 Å². The van der Waals surface area contributed by atoms with E-state index in [9.17, 15) is 19.2 Å². The molecule has 0 aliphatic carbocycles. The standard InChI is InChI=1S/C18H22N2O6/c1-11(2)19-18(24)20-16(22)12(3)26-15(21)10-7-13-5-8-14(9-6-13)17(23)25-4/h5-12H,1-4H3,(H2,19,20,22,24)/b10-7+/t12-/m0/s1. The summed E-state index contributed by atoms with van der Waals surface area (Å²) in [6.45, 7) is 4.85. The van der Waals surface area contributed by atoms with Crippen LogP contribution in [0.4, 0.5) is 4.79 Å². The van der Waals surface area contributed by atoms with Crippen LogP contribution in [-0.2, 0) is 19.1 Å². The lowest BCUT2D eigenvalue weighted by atomic mass is 10.1. The van der Waals surface area contributed by atoms with Crippen molar-refractivity contribution in [3.05, 3.63) is 41.5 Å². The molecule has 2 N–H and O–H groups in total. The van der Waals surface area contributed by atoms with Crippen molar-refractivity contribution in [2.45, 2.75) is 32.9 Å². The normalized spacial score (nSPS) is 11.7. The Balaban J connectivity index is 2.54. The first-order chi connectivity index (χ1) is 12.2. The minimum atomic E-state index is -1.13. The average molecular weight is 362 g/mol. The molecule has 140 valence electrons. The van der Waals surface area contributed by atoms with Gasteiger partial charge in [0.05, 0.1) is 12.7 Å². The van der Waals surface area contributed by atoms with Crippen LogP contribution in [0.2, 0.25) is 0 Å². The first-order valence-electron chi connectivity index (χ1n) is 7.91. The molecule has 0 aliphatic heterocycles. The van der Waals surface area contributed by atoms with E-state index in [4.69, 9.17) is 4.74 Å². The molecule has 26 heavy (non-hydrogen) atoms. The van der Waals surface area contributed by atoms with E-state index in [1.54, 1.807) is 38.1 Å². The van der Waals surface area contributed by atoms with E-state index in [0.717, 1.165) is 6.08 Å². The molecule has 0 bridgehead atoms. The Morgan fingerprint density at radius 3 is 2.19 bits per heavy atom. The molecule has 0 aromatic heterocycles. The summed E-state index contributed by atoms with van der Waals surface area (Å²) in [4.78, 5) is 46.3. The lowest BCUT2D eigenvalue weighted by Gasteiger charge is -2.13. The maximum Gasteiger partial charge on any atom is 0.337 e. The summed E-state index contributed by atoms with van der Waals surface area (Å²) in [6.07, 6.45) is 1.48. The van der Waals surface area contributed by atoms with Crippen LogP contribution in [0.25, 0.3) is 6.08 Å². The molecule has 0 spiro atoms. The summed E-state index contributed by atoms with van der Waals surface area (Å²) in [7, 11) is 1.29. The topological polar surface area (TPSA) is 111 Å². The van der Waals surface area contributed by atoms with E-state index in [0.29, 0.717) is 11.1 Å². The Kier molecular flexibility index (Phi) is 8.01. The zero-order valence-electron chi connectivity index (χ0n) is 15.1. The summed E-state index contributed by atoms with van der Waals surface area (Å²) >= 11 is 0. The summed E-state index contributed by atoms with van der Waals surface area (Å²) in [5.74, 6) is -1.93. The molecule has 1 atom stereocenters. The third kappa shape index (κ3) is 7.16. The molecule has 1 aromatic carbocycles. The number of carbonyl (C=O) groups excluding carboxylic acids is 4. The van der Waals surface area contributed by atoms with Gasteiger partial charge in [-0.25, -0.2) is 14.4 Å². The third-order valence-electron chi connectivity index (χ3n) is 3.06. The van der Waals surface area contributed by atoms with Gasteiger partial charge in [0.15, 0.2) is 6.10 Å². The molecule has 8 heteroatoms. The number of imide groups is 1. The van der Waals surface area contributed by atoms with Gasteiger partial charge in [-0.3, -0.25) is 10.1 Å². The molecule has 0 aliphatic rings. The highest BCUT2D eigenvalue weighted by molar-refractivity contribution is 5.98. The number of nitrogens with one attached hydrogen (secondary N) is 2. The van der Waals surface area contributed by atoms with Crippen molar-refractivity contribution < 1.29 is 28.7 Å². The summed E-state index contributed by atoms with van der Waals surface area (Å²) in [6, 6.07) is 5.58. The van der Waals surface area contributed by atoms with Gasteiger partial charge in [0.25, 0.3) is 5.91 Å². The van der Waals surface area contributed by atoms with Crippen molar-refractivity contribution >= 4 is 30.0 Å². The first kappa shape index (κ1) is 20.9. The van der Waals surface area contributed by atoms with Crippen LogP contribution < -0.4 is 10.6 Å². The van der Waals surface area contributed by atoms with Gasteiger partial charge in [-0.1, -0.05) is 12.1 Å². The molecule has 0 radical (unpaired) electrons. The molecule has 8 nitrogen and oxygen atoms in total. The van der Waals surface area contributed by atoms with Gasteiger partial charge in [0.1, 0.15) is 0 Å². The number of hydrogen-bond donors (Lipinski definition) is 2. The highest BCUT2D eigenvalue weighted by Crippen LogP contribution is 2.07. The second kappa shape index (κ2) is 9.97. The van der Waals surface area contributed by atoms with Gasteiger partial charge in [-0.05, 0) is 44.5 Å². The van der Waals surface area contributed by atoms with Crippen LogP contribution in [0.5, 0.6) is 0 Å². The fourth-order valence-electron chi connectivity index (χ4n) is 1.79. The number of rotatable bonds is 6. The molecule has 0 saturated carbocycles. The molecule has 0 fully saturated rings. The average Bonchev–Trinajstić information content (AvgIpc) is 2.58. The number of ether oxygens (including phenoxy) is 2. The molecule has 3 amide bonds. The van der Waals surface area contributed by atoms with Crippen LogP contribution in [0, 0.1) is 0 Å². The Hall–Kier alpha value is -3.16. The number of esters is 2. The van der Waals surface area contributed by atoms with E-state index in [-0.39, 0.29) is 6.04 Å². The highest BCUT2D eigenvalue weighted by atomic mass is 16.5. The van der Waals surface area contributed by atoms with Crippen molar-refractivity contribution in [3.63, 3.8) is 0 Å². The summed E-state index contributed by atoms with van der Waals surface area (Å²) in [5.41, 5.74) is 1.04. The minimum absolute atomic E-state index is 0.130. The van der Waals surface area contributed by atoms with Crippen molar-refractivity contribution in [1.82, 2.24) is 10.6 Å². The summed E-state index contributed by atoms with van der Waals surface area (Å²) < 4.78 is 9.52. The number of urea groups is 1. The molecule has 1 aromatic rings. The van der Waals surface area contributed by atoms with E-state index in [2.05, 4.69) is 15.4 Å². The maximum absolute atomic E-state index is 11.8. The number of benzene rings is 1. The van der Waals surface area contributed by atoms with E-state index < -0.39 is 30.0 Å². The Labute approximate surface area is 151 Å². The van der Waals surface area contributed by atoms with Crippen LogP contribution in [0.1, 0.15) is 36.7 Å². The molecule has 0 saturated heterocycles. The van der Waals surface area contributed by atoms with Crippen LogP contribution >= 0.6 is 0 Å². The van der Waals surface area contributed by atoms with Crippen LogP contribution in [0.3, 0.4) is 0 Å². The molecule has 0 unspecified atom stereocenters. The molecule has 0 heterocycles. The molecular formula is C18H22N2O6. The number of methoxy groups -OCH3 is 1. The smallest absolute Gasteiger partial charge is 0.337 e. The van der Waals surface area contributed by atoms with Gasteiger partial charge in [-0.2, -0.15) is 0 Å². The zero-order valence-corrected chi connectivity index (χ0v) is 15.1. The van der Waals surface area contributed by atoms with Crippen LogP contribution in [0.15, 0.2) is 30.3 Å². The molecule has 1 rings (SSSR count). The Morgan fingerprint density at radius 2 is 1.65 bits per heavy atom. The van der Waals surface area contributed by atoms with Gasteiger partial charge in [0.2, 0.25) is 0 Å². The lowest BCUT2D eigenvalue weighted by molar-refractivity contribution is -0.149. The van der Waals surface area contributed by atoms with E-state index in [1.165, 1.54) is 20.1 Å². The SMILES string of the molecule is COC(=O)c1ccc(/C=C/C(=O)O[C@@H](C)C(=O)NC(=O)NC(C)C)cc1. The van der Waals surface area contributed by atoms with Crippen molar-refractivity contribution in [3.8, 4) is 0 Å². The zero-order chi connectivity index (χ0) is 19.7. The predicted octanol–water partition coefficient (Wildman–Crippen LogP) is 1.65. The lowest BCUT2D eigenvalue weighted by Crippen LogP contribution is -2.46. The number of carbonyl (C=O) groups is 4. The van der Waals surface area contributed by atoms with E-state index >= 15 is 0 Å². The molecular weight excluding hydrogens is 340 g/mol. The third-order valence-corrected chi connectivity index (χ3v) is 3.06. The predicted molar refractivity (Wildman–Crippen MR) is 94.2 cm³/mol. The monoisotopic (exact) mass is 362 g/mol.